The highest BCUT2D eigenvalue weighted by Gasteiger charge is 2.19. The number of halogens is 1. The fourth-order valence-electron chi connectivity index (χ4n) is 3.15. The number of hydrogen-bond donors (Lipinski definition) is 1. The molecule has 0 bridgehead atoms. The van der Waals surface area contributed by atoms with Gasteiger partial charge in [0.15, 0.2) is 0 Å². The molecule has 30 heavy (non-hydrogen) atoms. The highest BCUT2D eigenvalue weighted by Crippen LogP contribution is 2.16. The molecule has 1 aromatic heterocycles. The van der Waals surface area contributed by atoms with E-state index < -0.39 is 5.91 Å². The van der Waals surface area contributed by atoms with E-state index in [1.807, 2.05) is 0 Å². The number of nitrogens with zero attached hydrogens (tertiary/aromatic N) is 4. The fourth-order valence-corrected chi connectivity index (χ4v) is 3.27. The molecule has 1 fully saturated rings. The van der Waals surface area contributed by atoms with Gasteiger partial charge in [0, 0.05) is 29.4 Å². The van der Waals surface area contributed by atoms with Crippen molar-refractivity contribution in [2.45, 2.75) is 6.92 Å². The number of hydrogen-bond acceptors (Lipinski definition) is 5. The molecule has 0 atom stereocenters. The van der Waals surface area contributed by atoms with Crippen molar-refractivity contribution in [3.63, 3.8) is 0 Å². The van der Waals surface area contributed by atoms with Gasteiger partial charge in [-0.25, -0.2) is 9.67 Å². The molecule has 154 valence electrons. The van der Waals surface area contributed by atoms with Crippen LogP contribution in [0.3, 0.4) is 0 Å². The van der Waals surface area contributed by atoms with Gasteiger partial charge in [0.25, 0.3) is 11.8 Å². The lowest BCUT2D eigenvalue weighted by molar-refractivity contribution is 0.0303. The van der Waals surface area contributed by atoms with E-state index in [1.165, 1.54) is 0 Å². The molecule has 1 saturated heterocycles. The van der Waals surface area contributed by atoms with Crippen LogP contribution in [0.2, 0.25) is 5.02 Å². The van der Waals surface area contributed by atoms with Crippen molar-refractivity contribution in [1.82, 2.24) is 19.7 Å². The summed E-state index contributed by atoms with van der Waals surface area (Å²) in [5.74, 6) is 0.151. The maximum atomic E-state index is 12.6. The highest BCUT2D eigenvalue weighted by molar-refractivity contribution is 6.30. The number of aromatic nitrogens is 3. The highest BCUT2D eigenvalue weighted by atomic mass is 35.5. The quantitative estimate of drug-likeness (QED) is 0.694. The molecular formula is C21H20ClN5O3. The molecule has 0 unspecified atom stereocenters. The standard InChI is InChI=1S/C21H20ClN5O3/c1-14-23-19(25-27(14)18-8-4-16(22)5-9-18)20(28)24-17-6-2-15(3-7-17)21(29)26-10-12-30-13-11-26/h2-9H,10-13H2,1H3,(H,24,28). The molecule has 3 aromatic rings. The molecule has 0 aliphatic carbocycles. The van der Waals surface area contributed by atoms with Crippen molar-refractivity contribution in [1.29, 1.82) is 0 Å². The molecule has 2 heterocycles. The molecule has 1 aliphatic rings. The summed E-state index contributed by atoms with van der Waals surface area (Å²) < 4.78 is 6.85. The summed E-state index contributed by atoms with van der Waals surface area (Å²) in [6, 6.07) is 13.9. The lowest BCUT2D eigenvalue weighted by Crippen LogP contribution is -2.40. The van der Waals surface area contributed by atoms with Gasteiger partial charge < -0.3 is 15.0 Å². The number of anilines is 1. The first-order valence-electron chi connectivity index (χ1n) is 9.49. The third-order valence-corrected chi connectivity index (χ3v) is 4.98. The molecule has 0 saturated carbocycles. The molecule has 1 aliphatic heterocycles. The van der Waals surface area contributed by atoms with E-state index in [4.69, 9.17) is 16.3 Å². The van der Waals surface area contributed by atoms with Crippen LogP contribution < -0.4 is 5.32 Å². The molecule has 2 aromatic carbocycles. The third-order valence-electron chi connectivity index (χ3n) is 4.73. The minimum Gasteiger partial charge on any atom is -0.378 e. The van der Waals surface area contributed by atoms with Crippen LogP contribution in [-0.2, 0) is 4.74 Å². The molecule has 8 nitrogen and oxygen atoms in total. The first-order valence-corrected chi connectivity index (χ1v) is 9.87. The van der Waals surface area contributed by atoms with Gasteiger partial charge >= 0.3 is 0 Å². The van der Waals surface area contributed by atoms with Crippen molar-refractivity contribution in [3.8, 4) is 5.69 Å². The van der Waals surface area contributed by atoms with Crippen LogP contribution >= 0.6 is 11.6 Å². The number of ether oxygens (including phenoxy) is 1. The minimum atomic E-state index is -0.432. The van der Waals surface area contributed by atoms with Gasteiger partial charge in [-0.1, -0.05) is 11.6 Å². The van der Waals surface area contributed by atoms with Crippen LogP contribution in [0.4, 0.5) is 5.69 Å². The number of benzene rings is 2. The first kappa shape index (κ1) is 20.1. The van der Waals surface area contributed by atoms with E-state index in [9.17, 15) is 9.59 Å². The largest absolute Gasteiger partial charge is 0.378 e. The number of nitrogens with one attached hydrogen (secondary N) is 1. The number of morpholine rings is 1. The summed E-state index contributed by atoms with van der Waals surface area (Å²) in [5.41, 5.74) is 1.88. The summed E-state index contributed by atoms with van der Waals surface area (Å²) in [5, 5.41) is 7.67. The molecular weight excluding hydrogens is 406 g/mol. The Bertz CT molecular complexity index is 1060. The molecule has 1 N–H and O–H groups in total. The monoisotopic (exact) mass is 425 g/mol. The zero-order chi connectivity index (χ0) is 21.1. The first-order chi connectivity index (χ1) is 14.5. The predicted molar refractivity (Wildman–Crippen MR) is 112 cm³/mol. The average molecular weight is 426 g/mol. The van der Waals surface area contributed by atoms with Crippen LogP contribution in [-0.4, -0.2) is 57.8 Å². The van der Waals surface area contributed by atoms with Crippen LogP contribution in [0.5, 0.6) is 0 Å². The van der Waals surface area contributed by atoms with E-state index in [0.29, 0.717) is 48.4 Å². The fraction of sp³-hybridized carbons (Fsp3) is 0.238. The molecule has 9 heteroatoms. The topological polar surface area (TPSA) is 89.3 Å². The van der Waals surface area contributed by atoms with Crippen molar-refractivity contribution >= 4 is 29.1 Å². The number of carbonyl (C=O) groups excluding carboxylic acids is 2. The third kappa shape index (κ3) is 4.34. The van der Waals surface area contributed by atoms with Crippen LogP contribution in [0.25, 0.3) is 5.69 Å². The van der Waals surface area contributed by atoms with Gasteiger partial charge in [0.2, 0.25) is 5.82 Å². The normalized spacial score (nSPS) is 13.9. The maximum absolute atomic E-state index is 12.6. The Hall–Kier alpha value is -3.23. The number of amides is 2. The summed E-state index contributed by atoms with van der Waals surface area (Å²) in [7, 11) is 0. The Morgan fingerprint density at radius 1 is 1.03 bits per heavy atom. The molecule has 0 radical (unpaired) electrons. The van der Waals surface area contributed by atoms with Crippen molar-refractivity contribution in [2.24, 2.45) is 0 Å². The van der Waals surface area contributed by atoms with Crippen LogP contribution in [0, 0.1) is 6.92 Å². The summed E-state index contributed by atoms with van der Waals surface area (Å²) in [6.07, 6.45) is 0. The Balaban J connectivity index is 1.44. The maximum Gasteiger partial charge on any atom is 0.295 e. The van der Waals surface area contributed by atoms with Crippen molar-refractivity contribution in [2.75, 3.05) is 31.6 Å². The van der Waals surface area contributed by atoms with Gasteiger partial charge in [-0.05, 0) is 55.5 Å². The Kier molecular flexibility index (Phi) is 5.78. The van der Waals surface area contributed by atoms with Crippen LogP contribution in [0.15, 0.2) is 48.5 Å². The smallest absolute Gasteiger partial charge is 0.295 e. The molecule has 2 amide bonds. The zero-order valence-electron chi connectivity index (χ0n) is 16.3. The lowest BCUT2D eigenvalue weighted by Gasteiger charge is -2.26. The number of aryl methyl sites for hydroxylation is 1. The summed E-state index contributed by atoms with van der Waals surface area (Å²) in [6.45, 7) is 4.03. The van der Waals surface area contributed by atoms with Gasteiger partial charge in [-0.2, -0.15) is 0 Å². The van der Waals surface area contributed by atoms with E-state index in [2.05, 4.69) is 15.4 Å². The predicted octanol–water partition coefficient (Wildman–Crippen LogP) is 2.95. The van der Waals surface area contributed by atoms with E-state index in [-0.39, 0.29) is 11.7 Å². The summed E-state index contributed by atoms with van der Waals surface area (Å²) in [4.78, 5) is 31.1. The number of rotatable bonds is 4. The Labute approximate surface area is 178 Å². The SMILES string of the molecule is Cc1nc(C(=O)Nc2ccc(C(=O)N3CCOCC3)cc2)nn1-c1ccc(Cl)cc1. The second-order valence-electron chi connectivity index (χ2n) is 6.81. The minimum absolute atomic E-state index is 0.0461. The van der Waals surface area contributed by atoms with E-state index >= 15 is 0 Å². The van der Waals surface area contributed by atoms with E-state index in [0.717, 1.165) is 5.69 Å². The Morgan fingerprint density at radius 2 is 1.70 bits per heavy atom. The van der Waals surface area contributed by atoms with Crippen LogP contribution in [0.1, 0.15) is 26.8 Å². The molecule has 0 spiro atoms. The second-order valence-corrected chi connectivity index (χ2v) is 7.24. The number of carbonyl (C=O) groups is 2. The second kappa shape index (κ2) is 8.64. The van der Waals surface area contributed by atoms with Gasteiger partial charge in [0.1, 0.15) is 5.82 Å². The molecule has 4 rings (SSSR count). The van der Waals surface area contributed by atoms with Gasteiger partial charge in [0.05, 0.1) is 18.9 Å². The van der Waals surface area contributed by atoms with Crippen molar-refractivity contribution in [3.05, 3.63) is 70.8 Å². The van der Waals surface area contributed by atoms with Gasteiger partial charge in [-0.3, -0.25) is 9.59 Å². The lowest BCUT2D eigenvalue weighted by atomic mass is 10.1. The average Bonchev–Trinajstić information content (AvgIpc) is 3.17. The Morgan fingerprint density at radius 3 is 2.37 bits per heavy atom. The van der Waals surface area contributed by atoms with Gasteiger partial charge in [-0.15, -0.1) is 5.10 Å². The van der Waals surface area contributed by atoms with Crippen molar-refractivity contribution < 1.29 is 14.3 Å². The summed E-state index contributed by atoms with van der Waals surface area (Å²) >= 11 is 5.92. The van der Waals surface area contributed by atoms with E-state index in [1.54, 1.807) is 65.0 Å². The zero-order valence-corrected chi connectivity index (χ0v) is 17.1.